The van der Waals surface area contributed by atoms with Crippen LogP contribution in [0.4, 0.5) is 0 Å². The van der Waals surface area contributed by atoms with E-state index in [4.69, 9.17) is 5.11 Å². The van der Waals surface area contributed by atoms with Crippen LogP contribution < -0.4 is 5.43 Å². The van der Waals surface area contributed by atoms with E-state index in [2.05, 4.69) is 0 Å². The van der Waals surface area contributed by atoms with Gasteiger partial charge in [0.2, 0.25) is 0 Å². The average Bonchev–Trinajstić information content (AvgIpc) is 1.96. The quantitative estimate of drug-likeness (QED) is 0.695. The minimum atomic E-state index is 0.0270. The second-order valence-corrected chi connectivity index (χ2v) is 2.85. The summed E-state index contributed by atoms with van der Waals surface area (Å²) in [5.41, 5.74) is 1.82. The maximum atomic E-state index is 11.0. The Labute approximate surface area is 71.3 Å². The van der Waals surface area contributed by atoms with E-state index in [9.17, 15) is 4.79 Å². The van der Waals surface area contributed by atoms with Crippen molar-refractivity contribution in [1.29, 1.82) is 0 Å². The summed E-state index contributed by atoms with van der Waals surface area (Å²) in [7, 11) is 0. The molecule has 0 unspecified atom stereocenters. The van der Waals surface area contributed by atoms with Crippen molar-refractivity contribution < 1.29 is 5.11 Å². The number of aliphatic hydroxyl groups is 1. The van der Waals surface area contributed by atoms with E-state index in [-0.39, 0.29) is 12.0 Å². The van der Waals surface area contributed by atoms with E-state index in [1.807, 2.05) is 18.4 Å². The summed E-state index contributed by atoms with van der Waals surface area (Å²) in [5, 5.41) is 8.74. The zero-order valence-electron chi connectivity index (χ0n) is 7.37. The van der Waals surface area contributed by atoms with Crippen molar-refractivity contribution in [2.75, 3.05) is 6.61 Å². The molecule has 0 aliphatic carbocycles. The van der Waals surface area contributed by atoms with E-state index in [1.54, 1.807) is 12.1 Å². The largest absolute Gasteiger partial charge is 0.395 e. The third-order valence-corrected chi connectivity index (χ3v) is 1.88. The zero-order chi connectivity index (χ0) is 9.14. The summed E-state index contributed by atoms with van der Waals surface area (Å²) in [6, 6.07) is 3.14. The Balaban J connectivity index is 3.18. The molecule has 3 heteroatoms. The fourth-order valence-corrected chi connectivity index (χ4v) is 1.34. The van der Waals surface area contributed by atoms with Crippen molar-refractivity contribution in [3.05, 3.63) is 33.7 Å². The molecule has 12 heavy (non-hydrogen) atoms. The van der Waals surface area contributed by atoms with Gasteiger partial charge in [0.25, 0.3) is 0 Å². The lowest BCUT2D eigenvalue weighted by Crippen LogP contribution is -2.14. The SMILES string of the molecule is Cc1cc(=O)cc(C)n1CCO. The summed E-state index contributed by atoms with van der Waals surface area (Å²) < 4.78 is 1.92. The van der Waals surface area contributed by atoms with Crippen molar-refractivity contribution in [1.82, 2.24) is 4.57 Å². The molecule has 0 atom stereocenters. The monoisotopic (exact) mass is 167 g/mol. The Hall–Kier alpha value is -1.09. The van der Waals surface area contributed by atoms with Gasteiger partial charge in [0.05, 0.1) is 6.61 Å². The topological polar surface area (TPSA) is 42.2 Å². The van der Waals surface area contributed by atoms with E-state index >= 15 is 0 Å². The van der Waals surface area contributed by atoms with Crippen molar-refractivity contribution in [2.24, 2.45) is 0 Å². The molecule has 0 bridgehead atoms. The molecule has 1 N–H and O–H groups in total. The summed E-state index contributed by atoms with van der Waals surface area (Å²) in [6.07, 6.45) is 0. The van der Waals surface area contributed by atoms with Crippen molar-refractivity contribution >= 4 is 0 Å². The Morgan fingerprint density at radius 2 is 1.83 bits per heavy atom. The van der Waals surface area contributed by atoms with Crippen LogP contribution in [0, 0.1) is 13.8 Å². The smallest absolute Gasteiger partial charge is 0.182 e. The molecule has 0 radical (unpaired) electrons. The van der Waals surface area contributed by atoms with Crippen LogP contribution in [0.3, 0.4) is 0 Å². The molecule has 0 aromatic carbocycles. The maximum absolute atomic E-state index is 11.0. The lowest BCUT2D eigenvalue weighted by atomic mass is 10.3. The van der Waals surface area contributed by atoms with Gasteiger partial charge in [-0.2, -0.15) is 0 Å². The molecule has 0 aliphatic heterocycles. The number of pyridine rings is 1. The van der Waals surface area contributed by atoms with Crippen molar-refractivity contribution in [3.63, 3.8) is 0 Å². The molecule has 3 nitrogen and oxygen atoms in total. The fourth-order valence-electron chi connectivity index (χ4n) is 1.34. The van der Waals surface area contributed by atoms with Crippen LogP contribution >= 0.6 is 0 Å². The number of hydrogen-bond donors (Lipinski definition) is 1. The second kappa shape index (κ2) is 3.54. The van der Waals surface area contributed by atoms with Gasteiger partial charge in [0, 0.05) is 30.1 Å². The van der Waals surface area contributed by atoms with Crippen LogP contribution in [-0.2, 0) is 6.54 Å². The van der Waals surface area contributed by atoms with Crippen molar-refractivity contribution in [3.8, 4) is 0 Å². The highest BCUT2D eigenvalue weighted by Gasteiger charge is 1.99. The molecule has 1 rings (SSSR count). The van der Waals surface area contributed by atoms with Gasteiger partial charge < -0.3 is 9.67 Å². The predicted molar refractivity (Wildman–Crippen MR) is 47.3 cm³/mol. The van der Waals surface area contributed by atoms with E-state index < -0.39 is 0 Å². The standard InChI is InChI=1S/C9H13NO2/c1-7-5-9(12)6-8(2)10(7)3-4-11/h5-6,11H,3-4H2,1-2H3. The number of aryl methyl sites for hydroxylation is 2. The Bertz CT molecular complexity index is 302. The highest BCUT2D eigenvalue weighted by atomic mass is 16.3. The molecule has 0 spiro atoms. The first-order valence-corrected chi connectivity index (χ1v) is 3.94. The first kappa shape index (κ1) is 9.00. The second-order valence-electron chi connectivity index (χ2n) is 2.85. The number of nitrogens with zero attached hydrogens (tertiary/aromatic N) is 1. The van der Waals surface area contributed by atoms with Gasteiger partial charge in [-0.15, -0.1) is 0 Å². The Morgan fingerprint density at radius 1 is 1.33 bits per heavy atom. The number of hydrogen-bond acceptors (Lipinski definition) is 2. The van der Waals surface area contributed by atoms with Crippen LogP contribution in [0.5, 0.6) is 0 Å². The molecule has 1 aromatic rings. The number of rotatable bonds is 2. The predicted octanol–water partition coefficient (Wildman–Crippen LogP) is 0.457. The Kier molecular flexibility index (Phi) is 2.65. The molecule has 1 heterocycles. The minimum absolute atomic E-state index is 0.0270. The molecule has 0 aliphatic rings. The van der Waals surface area contributed by atoms with Crippen LogP contribution in [-0.4, -0.2) is 16.3 Å². The van der Waals surface area contributed by atoms with Crippen LogP contribution in [0.25, 0.3) is 0 Å². The summed E-state index contributed by atoms with van der Waals surface area (Å²) in [4.78, 5) is 11.0. The number of aliphatic hydroxyl groups excluding tert-OH is 1. The molecule has 0 fully saturated rings. The van der Waals surface area contributed by atoms with Gasteiger partial charge in [-0.05, 0) is 13.8 Å². The molecule has 0 saturated carbocycles. The first-order valence-electron chi connectivity index (χ1n) is 3.94. The highest BCUT2D eigenvalue weighted by Crippen LogP contribution is 2.00. The van der Waals surface area contributed by atoms with Gasteiger partial charge >= 0.3 is 0 Å². The molecule has 0 amide bonds. The lowest BCUT2D eigenvalue weighted by Gasteiger charge is -2.11. The highest BCUT2D eigenvalue weighted by molar-refractivity contribution is 5.12. The van der Waals surface area contributed by atoms with Gasteiger partial charge in [-0.25, -0.2) is 0 Å². The first-order chi connectivity index (χ1) is 5.65. The van der Waals surface area contributed by atoms with Crippen molar-refractivity contribution in [2.45, 2.75) is 20.4 Å². The Morgan fingerprint density at radius 3 is 2.25 bits per heavy atom. The summed E-state index contributed by atoms with van der Waals surface area (Å²) in [5.74, 6) is 0. The fraction of sp³-hybridized carbons (Fsp3) is 0.444. The van der Waals surface area contributed by atoms with Gasteiger partial charge in [0.1, 0.15) is 0 Å². The molecule has 1 aromatic heterocycles. The third kappa shape index (κ3) is 1.74. The summed E-state index contributed by atoms with van der Waals surface area (Å²) >= 11 is 0. The minimum Gasteiger partial charge on any atom is -0.395 e. The maximum Gasteiger partial charge on any atom is 0.182 e. The van der Waals surface area contributed by atoms with E-state index in [1.165, 1.54) is 0 Å². The van der Waals surface area contributed by atoms with Gasteiger partial charge in [0.15, 0.2) is 5.43 Å². The zero-order valence-corrected chi connectivity index (χ0v) is 7.37. The summed E-state index contributed by atoms with van der Waals surface area (Å²) in [6.45, 7) is 4.39. The van der Waals surface area contributed by atoms with Gasteiger partial charge in [-0.3, -0.25) is 4.79 Å². The van der Waals surface area contributed by atoms with Crippen LogP contribution in [0.15, 0.2) is 16.9 Å². The van der Waals surface area contributed by atoms with Crippen LogP contribution in [0.1, 0.15) is 11.4 Å². The average molecular weight is 167 g/mol. The molecule has 0 saturated heterocycles. The molecular formula is C9H13NO2. The van der Waals surface area contributed by atoms with Crippen LogP contribution in [0.2, 0.25) is 0 Å². The normalized spacial score (nSPS) is 10.2. The third-order valence-electron chi connectivity index (χ3n) is 1.88. The molecular weight excluding hydrogens is 154 g/mol. The number of aromatic nitrogens is 1. The van der Waals surface area contributed by atoms with E-state index in [0.717, 1.165) is 11.4 Å². The molecule has 66 valence electrons. The van der Waals surface area contributed by atoms with E-state index in [0.29, 0.717) is 6.54 Å². The van der Waals surface area contributed by atoms with Gasteiger partial charge in [-0.1, -0.05) is 0 Å². The lowest BCUT2D eigenvalue weighted by molar-refractivity contribution is 0.273.